The third-order valence-corrected chi connectivity index (χ3v) is 3.22. The summed E-state index contributed by atoms with van der Waals surface area (Å²) in [6.45, 7) is 3.79. The molecule has 1 N–H and O–H groups in total. The minimum absolute atomic E-state index is 0.125. The zero-order valence-corrected chi connectivity index (χ0v) is 9.71. The minimum atomic E-state index is 0.125. The molecule has 0 atom stereocenters. The summed E-state index contributed by atoms with van der Waals surface area (Å²) in [6, 6.07) is 0.304. The van der Waals surface area contributed by atoms with Crippen LogP contribution in [0.15, 0.2) is 0 Å². The first-order chi connectivity index (χ1) is 7.17. The number of Topliss-reactive ketones (excluding diaryl/α,β-unsaturated/α-hetero) is 1. The molecule has 0 unspecified atom stereocenters. The van der Waals surface area contributed by atoms with Crippen LogP contribution in [0.3, 0.4) is 0 Å². The van der Waals surface area contributed by atoms with Crippen LogP contribution < -0.4 is 5.32 Å². The zero-order chi connectivity index (χ0) is 11.3. The molecular formula is C12H21NO2. The van der Waals surface area contributed by atoms with Crippen molar-refractivity contribution in [2.24, 2.45) is 5.92 Å². The molecular weight excluding hydrogens is 190 g/mol. The predicted octanol–water partition coefficient (Wildman–Crippen LogP) is 2.05. The van der Waals surface area contributed by atoms with Gasteiger partial charge in [0.05, 0.1) is 0 Å². The van der Waals surface area contributed by atoms with Gasteiger partial charge in [-0.25, -0.2) is 0 Å². The summed E-state index contributed by atoms with van der Waals surface area (Å²) in [5, 5.41) is 3.00. The molecule has 1 saturated carbocycles. The van der Waals surface area contributed by atoms with E-state index in [0.29, 0.717) is 24.7 Å². The van der Waals surface area contributed by atoms with Gasteiger partial charge in [0.15, 0.2) is 0 Å². The van der Waals surface area contributed by atoms with Gasteiger partial charge < -0.3 is 5.32 Å². The van der Waals surface area contributed by atoms with Gasteiger partial charge in [-0.1, -0.05) is 13.8 Å². The van der Waals surface area contributed by atoms with E-state index in [1.54, 1.807) is 0 Å². The Labute approximate surface area is 91.6 Å². The molecule has 1 aliphatic carbocycles. The molecule has 0 spiro atoms. The summed E-state index contributed by atoms with van der Waals surface area (Å²) in [5.41, 5.74) is 0. The fourth-order valence-corrected chi connectivity index (χ4v) is 2.18. The summed E-state index contributed by atoms with van der Waals surface area (Å²) in [7, 11) is 0. The molecule has 1 rings (SSSR count). The van der Waals surface area contributed by atoms with Crippen molar-refractivity contribution in [3.05, 3.63) is 0 Å². The van der Waals surface area contributed by atoms with Gasteiger partial charge in [-0.2, -0.15) is 0 Å². The minimum Gasteiger partial charge on any atom is -0.353 e. The predicted molar refractivity (Wildman–Crippen MR) is 59.5 cm³/mol. The molecule has 0 saturated heterocycles. The van der Waals surface area contributed by atoms with Gasteiger partial charge >= 0.3 is 0 Å². The lowest BCUT2D eigenvalue weighted by atomic mass is 9.83. The van der Waals surface area contributed by atoms with Crippen LogP contribution in [-0.4, -0.2) is 17.7 Å². The third-order valence-electron chi connectivity index (χ3n) is 3.22. The SMILES string of the molecule is CCC(=O)NC1CCC(C(=O)CC)CC1. The molecule has 86 valence electrons. The van der Waals surface area contributed by atoms with Crippen LogP contribution in [0.1, 0.15) is 52.4 Å². The third kappa shape index (κ3) is 3.65. The lowest BCUT2D eigenvalue weighted by molar-refractivity contribution is -0.123. The summed E-state index contributed by atoms with van der Waals surface area (Å²) in [6.07, 6.45) is 5.01. The number of rotatable bonds is 4. The molecule has 3 nitrogen and oxygen atoms in total. The van der Waals surface area contributed by atoms with Crippen LogP contribution in [0.5, 0.6) is 0 Å². The number of ketones is 1. The second-order valence-corrected chi connectivity index (χ2v) is 4.29. The summed E-state index contributed by atoms with van der Waals surface area (Å²) >= 11 is 0. The van der Waals surface area contributed by atoms with Crippen molar-refractivity contribution in [3.63, 3.8) is 0 Å². The van der Waals surface area contributed by atoms with Crippen molar-refractivity contribution in [3.8, 4) is 0 Å². The van der Waals surface area contributed by atoms with Gasteiger partial charge in [0, 0.05) is 24.8 Å². The first kappa shape index (κ1) is 12.2. The Balaban J connectivity index is 2.29. The molecule has 0 heterocycles. The summed E-state index contributed by atoms with van der Waals surface area (Å²) < 4.78 is 0. The van der Waals surface area contributed by atoms with Gasteiger partial charge in [0.2, 0.25) is 5.91 Å². The van der Waals surface area contributed by atoms with Crippen molar-refractivity contribution >= 4 is 11.7 Å². The van der Waals surface area contributed by atoms with E-state index in [1.807, 2.05) is 13.8 Å². The van der Waals surface area contributed by atoms with E-state index < -0.39 is 0 Å². The molecule has 0 radical (unpaired) electrons. The van der Waals surface area contributed by atoms with Crippen molar-refractivity contribution in [1.82, 2.24) is 5.32 Å². The highest BCUT2D eigenvalue weighted by Crippen LogP contribution is 2.25. The Morgan fingerprint density at radius 3 is 2.13 bits per heavy atom. The Morgan fingerprint density at radius 1 is 1.07 bits per heavy atom. The normalized spacial score (nSPS) is 26.0. The van der Waals surface area contributed by atoms with Crippen LogP contribution in [-0.2, 0) is 9.59 Å². The maximum Gasteiger partial charge on any atom is 0.219 e. The van der Waals surface area contributed by atoms with Crippen LogP contribution in [0.2, 0.25) is 0 Å². The molecule has 3 heteroatoms. The second-order valence-electron chi connectivity index (χ2n) is 4.29. The maximum atomic E-state index is 11.5. The molecule has 1 fully saturated rings. The Hall–Kier alpha value is -0.860. The molecule has 0 aromatic heterocycles. The van der Waals surface area contributed by atoms with E-state index in [2.05, 4.69) is 5.32 Å². The molecule has 0 aliphatic heterocycles. The van der Waals surface area contributed by atoms with Crippen molar-refractivity contribution in [2.75, 3.05) is 0 Å². The first-order valence-corrected chi connectivity index (χ1v) is 5.99. The first-order valence-electron chi connectivity index (χ1n) is 5.99. The van der Waals surface area contributed by atoms with Crippen LogP contribution in [0, 0.1) is 5.92 Å². The fraction of sp³-hybridized carbons (Fsp3) is 0.833. The summed E-state index contributed by atoms with van der Waals surface area (Å²) in [4.78, 5) is 22.6. The fourth-order valence-electron chi connectivity index (χ4n) is 2.18. The van der Waals surface area contributed by atoms with Gasteiger partial charge in [-0.3, -0.25) is 9.59 Å². The van der Waals surface area contributed by atoms with Crippen LogP contribution in [0.25, 0.3) is 0 Å². The van der Waals surface area contributed by atoms with Crippen LogP contribution >= 0.6 is 0 Å². The lowest BCUT2D eigenvalue weighted by Gasteiger charge is -2.28. The lowest BCUT2D eigenvalue weighted by Crippen LogP contribution is -2.38. The highest BCUT2D eigenvalue weighted by molar-refractivity contribution is 5.80. The quantitative estimate of drug-likeness (QED) is 0.773. The molecule has 1 aliphatic rings. The molecule has 15 heavy (non-hydrogen) atoms. The van der Waals surface area contributed by atoms with E-state index in [9.17, 15) is 9.59 Å². The van der Waals surface area contributed by atoms with Crippen molar-refractivity contribution in [2.45, 2.75) is 58.4 Å². The van der Waals surface area contributed by atoms with Crippen molar-refractivity contribution in [1.29, 1.82) is 0 Å². The van der Waals surface area contributed by atoms with Crippen LogP contribution in [0.4, 0.5) is 0 Å². The number of hydrogen-bond donors (Lipinski definition) is 1. The highest BCUT2D eigenvalue weighted by atomic mass is 16.1. The van der Waals surface area contributed by atoms with Gasteiger partial charge in [-0.05, 0) is 25.7 Å². The van der Waals surface area contributed by atoms with E-state index >= 15 is 0 Å². The number of hydrogen-bond acceptors (Lipinski definition) is 2. The Bertz CT molecular complexity index is 230. The van der Waals surface area contributed by atoms with E-state index in [0.717, 1.165) is 25.7 Å². The average molecular weight is 211 g/mol. The van der Waals surface area contributed by atoms with Gasteiger partial charge in [0.1, 0.15) is 5.78 Å². The summed E-state index contributed by atoms with van der Waals surface area (Å²) in [5.74, 6) is 0.764. The molecule has 1 amide bonds. The maximum absolute atomic E-state index is 11.5. The van der Waals surface area contributed by atoms with Gasteiger partial charge in [0.25, 0.3) is 0 Å². The zero-order valence-electron chi connectivity index (χ0n) is 9.71. The number of carbonyl (C=O) groups excluding carboxylic acids is 2. The average Bonchev–Trinajstić information content (AvgIpc) is 2.29. The molecule has 0 bridgehead atoms. The molecule has 0 aromatic rings. The highest BCUT2D eigenvalue weighted by Gasteiger charge is 2.25. The number of amides is 1. The number of carbonyl (C=O) groups is 2. The second kappa shape index (κ2) is 5.89. The number of nitrogens with one attached hydrogen (secondary N) is 1. The van der Waals surface area contributed by atoms with Gasteiger partial charge in [-0.15, -0.1) is 0 Å². The topological polar surface area (TPSA) is 46.2 Å². The largest absolute Gasteiger partial charge is 0.353 e. The standard InChI is InChI=1S/C12H21NO2/c1-3-11(14)9-5-7-10(8-6-9)13-12(15)4-2/h9-10H,3-8H2,1-2H3,(H,13,15). The Morgan fingerprint density at radius 2 is 1.67 bits per heavy atom. The molecule has 0 aromatic carbocycles. The Kier molecular flexibility index (Phi) is 4.79. The smallest absolute Gasteiger partial charge is 0.219 e. The van der Waals surface area contributed by atoms with E-state index in [1.165, 1.54) is 0 Å². The van der Waals surface area contributed by atoms with Crippen molar-refractivity contribution < 1.29 is 9.59 Å². The van der Waals surface area contributed by atoms with E-state index in [-0.39, 0.29) is 11.8 Å². The monoisotopic (exact) mass is 211 g/mol. The van der Waals surface area contributed by atoms with E-state index in [4.69, 9.17) is 0 Å².